The van der Waals surface area contributed by atoms with Crippen LogP contribution in [-0.4, -0.2) is 5.11 Å². The summed E-state index contributed by atoms with van der Waals surface area (Å²) in [6.07, 6.45) is -0.785. The van der Waals surface area contributed by atoms with Crippen molar-refractivity contribution in [3.8, 4) is 0 Å². The minimum atomic E-state index is -0.785. The average molecular weight is 388 g/mol. The quantitative estimate of drug-likeness (QED) is 0.764. The van der Waals surface area contributed by atoms with Gasteiger partial charge in [-0.05, 0) is 54.8 Å². The second kappa shape index (κ2) is 5.73. The van der Waals surface area contributed by atoms with Gasteiger partial charge in [-0.15, -0.1) is 0 Å². The zero-order valence-electron chi connectivity index (χ0n) is 10.5. The summed E-state index contributed by atoms with van der Waals surface area (Å²) >= 11 is 6.92. The number of aliphatic hydroxyl groups is 1. The van der Waals surface area contributed by atoms with Crippen molar-refractivity contribution in [3.63, 3.8) is 0 Å². The van der Waals surface area contributed by atoms with Crippen LogP contribution < -0.4 is 0 Å². The first-order valence-electron chi connectivity index (χ1n) is 5.80. The van der Waals surface area contributed by atoms with Gasteiger partial charge in [0, 0.05) is 14.5 Å². The Balaban J connectivity index is 2.49. The molecule has 2 aromatic carbocycles. The molecule has 0 aliphatic heterocycles. The van der Waals surface area contributed by atoms with Crippen LogP contribution in [0, 0.1) is 19.7 Å². The summed E-state index contributed by atoms with van der Waals surface area (Å²) in [6, 6.07) is 8.24. The summed E-state index contributed by atoms with van der Waals surface area (Å²) in [5.41, 5.74) is 3.28. The Morgan fingerprint density at radius 3 is 2.26 bits per heavy atom. The van der Waals surface area contributed by atoms with E-state index in [1.54, 1.807) is 13.0 Å². The van der Waals surface area contributed by atoms with Gasteiger partial charge in [0.15, 0.2) is 0 Å². The second-order valence-corrected chi connectivity index (χ2v) is 6.24. The van der Waals surface area contributed by atoms with E-state index in [1.165, 1.54) is 12.1 Å². The third-order valence-electron chi connectivity index (χ3n) is 3.10. The van der Waals surface area contributed by atoms with Gasteiger partial charge in [0.05, 0.1) is 0 Å². The molecule has 1 atom stereocenters. The molecule has 1 N–H and O–H groups in total. The fraction of sp³-hybridized carbons (Fsp3) is 0.200. The van der Waals surface area contributed by atoms with Gasteiger partial charge in [-0.25, -0.2) is 4.39 Å². The molecule has 100 valence electrons. The summed E-state index contributed by atoms with van der Waals surface area (Å²) in [5, 5.41) is 10.5. The molecule has 0 aliphatic carbocycles. The van der Waals surface area contributed by atoms with E-state index in [1.807, 2.05) is 19.1 Å². The third kappa shape index (κ3) is 3.07. The van der Waals surface area contributed by atoms with Crippen molar-refractivity contribution in [2.75, 3.05) is 0 Å². The van der Waals surface area contributed by atoms with Crippen LogP contribution in [0.5, 0.6) is 0 Å². The molecule has 4 heteroatoms. The van der Waals surface area contributed by atoms with Gasteiger partial charge >= 0.3 is 0 Å². The van der Waals surface area contributed by atoms with E-state index in [4.69, 9.17) is 0 Å². The summed E-state index contributed by atoms with van der Waals surface area (Å²) < 4.78 is 14.9. The zero-order chi connectivity index (χ0) is 14.2. The highest BCUT2D eigenvalue weighted by Crippen LogP contribution is 2.34. The standard InChI is InChI=1S/C15H13Br2FO/c1-8-5-10(18)3-4-11(8)15(19)12-7-13(16)9(2)6-14(12)17/h3-7,15,19H,1-2H3. The highest BCUT2D eigenvalue weighted by molar-refractivity contribution is 9.11. The third-order valence-corrected chi connectivity index (χ3v) is 4.64. The molecule has 0 spiro atoms. The molecule has 0 heterocycles. The SMILES string of the molecule is Cc1cc(Br)c(C(O)c2ccc(F)cc2C)cc1Br. The Morgan fingerprint density at radius 1 is 0.947 bits per heavy atom. The fourth-order valence-corrected chi connectivity index (χ4v) is 3.02. The van der Waals surface area contributed by atoms with Gasteiger partial charge in [0.1, 0.15) is 11.9 Å². The predicted molar refractivity (Wildman–Crippen MR) is 81.8 cm³/mol. The molecule has 0 saturated heterocycles. The van der Waals surface area contributed by atoms with E-state index in [0.29, 0.717) is 5.56 Å². The second-order valence-electron chi connectivity index (χ2n) is 4.53. The molecule has 0 radical (unpaired) electrons. The first-order chi connectivity index (χ1) is 8.90. The lowest BCUT2D eigenvalue weighted by atomic mass is 9.97. The number of aliphatic hydroxyl groups excluding tert-OH is 1. The smallest absolute Gasteiger partial charge is 0.123 e. The molecule has 1 nitrogen and oxygen atoms in total. The number of aryl methyl sites for hydroxylation is 2. The number of rotatable bonds is 2. The largest absolute Gasteiger partial charge is 0.384 e. The Hall–Kier alpha value is -0.710. The minimum absolute atomic E-state index is 0.294. The minimum Gasteiger partial charge on any atom is -0.384 e. The van der Waals surface area contributed by atoms with Crippen molar-refractivity contribution in [3.05, 3.63) is 67.3 Å². The lowest BCUT2D eigenvalue weighted by Crippen LogP contribution is -2.04. The molecule has 2 aromatic rings. The van der Waals surface area contributed by atoms with Crippen LogP contribution in [0.1, 0.15) is 28.4 Å². The normalized spacial score (nSPS) is 12.5. The van der Waals surface area contributed by atoms with E-state index in [-0.39, 0.29) is 5.82 Å². The van der Waals surface area contributed by atoms with Crippen molar-refractivity contribution in [2.24, 2.45) is 0 Å². The predicted octanol–water partition coefficient (Wildman–Crippen LogP) is 5.05. The van der Waals surface area contributed by atoms with Crippen LogP contribution in [0.15, 0.2) is 39.3 Å². The van der Waals surface area contributed by atoms with Gasteiger partial charge < -0.3 is 5.11 Å². The molecule has 19 heavy (non-hydrogen) atoms. The van der Waals surface area contributed by atoms with Crippen LogP contribution in [-0.2, 0) is 0 Å². The highest BCUT2D eigenvalue weighted by atomic mass is 79.9. The van der Waals surface area contributed by atoms with Gasteiger partial charge in [-0.3, -0.25) is 0 Å². The highest BCUT2D eigenvalue weighted by Gasteiger charge is 2.17. The summed E-state index contributed by atoms with van der Waals surface area (Å²) in [7, 11) is 0. The topological polar surface area (TPSA) is 20.2 Å². The molecular weight excluding hydrogens is 375 g/mol. The first kappa shape index (κ1) is 14.7. The molecule has 0 saturated carbocycles. The van der Waals surface area contributed by atoms with Crippen LogP contribution in [0.3, 0.4) is 0 Å². The molecule has 0 amide bonds. The maximum absolute atomic E-state index is 13.1. The van der Waals surface area contributed by atoms with E-state index in [2.05, 4.69) is 31.9 Å². The fourth-order valence-electron chi connectivity index (χ4n) is 1.98. The van der Waals surface area contributed by atoms with Crippen molar-refractivity contribution in [1.82, 2.24) is 0 Å². The molecule has 1 unspecified atom stereocenters. The Labute approximate surface area is 128 Å². The van der Waals surface area contributed by atoms with Gasteiger partial charge in [0.25, 0.3) is 0 Å². The lowest BCUT2D eigenvalue weighted by molar-refractivity contribution is 0.218. The maximum atomic E-state index is 13.1. The number of hydrogen-bond donors (Lipinski definition) is 1. The molecule has 0 bridgehead atoms. The van der Waals surface area contributed by atoms with Crippen LogP contribution in [0.2, 0.25) is 0 Å². The lowest BCUT2D eigenvalue weighted by Gasteiger charge is -2.17. The molecule has 0 aliphatic rings. The van der Waals surface area contributed by atoms with Crippen LogP contribution >= 0.6 is 31.9 Å². The number of halogens is 3. The summed E-state index contributed by atoms with van der Waals surface area (Å²) in [4.78, 5) is 0. The Bertz CT molecular complexity index is 626. The molecule has 2 rings (SSSR count). The van der Waals surface area contributed by atoms with Gasteiger partial charge in [-0.2, -0.15) is 0 Å². The molecule has 0 fully saturated rings. The molecule has 0 aromatic heterocycles. The average Bonchev–Trinajstić information content (AvgIpc) is 2.33. The van der Waals surface area contributed by atoms with Crippen LogP contribution in [0.25, 0.3) is 0 Å². The summed E-state index contributed by atoms with van der Waals surface area (Å²) in [6.45, 7) is 3.77. The van der Waals surface area contributed by atoms with Gasteiger partial charge in [0.2, 0.25) is 0 Å². The Kier molecular flexibility index (Phi) is 4.43. The van der Waals surface area contributed by atoms with E-state index in [9.17, 15) is 9.50 Å². The van der Waals surface area contributed by atoms with E-state index >= 15 is 0 Å². The monoisotopic (exact) mass is 386 g/mol. The van der Waals surface area contributed by atoms with Crippen LogP contribution in [0.4, 0.5) is 4.39 Å². The Morgan fingerprint density at radius 2 is 1.63 bits per heavy atom. The maximum Gasteiger partial charge on any atom is 0.123 e. The van der Waals surface area contributed by atoms with Crippen molar-refractivity contribution >= 4 is 31.9 Å². The number of hydrogen-bond acceptors (Lipinski definition) is 1. The van der Waals surface area contributed by atoms with Crippen molar-refractivity contribution in [1.29, 1.82) is 0 Å². The first-order valence-corrected chi connectivity index (χ1v) is 7.38. The summed E-state index contributed by atoms with van der Waals surface area (Å²) in [5.74, 6) is -0.294. The zero-order valence-corrected chi connectivity index (χ0v) is 13.7. The number of benzene rings is 2. The van der Waals surface area contributed by atoms with E-state index < -0.39 is 6.10 Å². The van der Waals surface area contributed by atoms with Crippen molar-refractivity contribution in [2.45, 2.75) is 20.0 Å². The van der Waals surface area contributed by atoms with Gasteiger partial charge in [-0.1, -0.05) is 37.9 Å². The van der Waals surface area contributed by atoms with E-state index in [0.717, 1.165) is 25.6 Å². The van der Waals surface area contributed by atoms with Crippen molar-refractivity contribution < 1.29 is 9.50 Å². The molecular formula is C15H13Br2FO.